The van der Waals surface area contributed by atoms with Crippen molar-refractivity contribution in [1.29, 1.82) is 0 Å². The molecule has 5 nitrogen and oxygen atoms in total. The van der Waals surface area contributed by atoms with E-state index in [4.69, 9.17) is 17.0 Å². The Labute approximate surface area is 190 Å². The second kappa shape index (κ2) is 9.11. The van der Waals surface area contributed by atoms with Gasteiger partial charge in [-0.2, -0.15) is 0 Å². The Kier molecular flexibility index (Phi) is 6.09. The number of halogens is 1. The molecule has 0 unspecified atom stereocenters. The zero-order valence-electron chi connectivity index (χ0n) is 17.2. The van der Waals surface area contributed by atoms with Gasteiger partial charge in [0, 0.05) is 6.42 Å². The summed E-state index contributed by atoms with van der Waals surface area (Å²) >= 11 is 5.23. The van der Waals surface area contributed by atoms with Crippen molar-refractivity contribution in [3.05, 3.63) is 101 Å². The minimum Gasteiger partial charge on any atom is -0.497 e. The fourth-order valence-electron chi connectivity index (χ4n) is 3.47. The molecule has 7 heteroatoms. The largest absolute Gasteiger partial charge is 0.497 e. The number of rotatable bonds is 5. The number of thiocarbonyl (C=S) groups is 1. The molecule has 0 spiro atoms. The molecule has 32 heavy (non-hydrogen) atoms. The quantitative estimate of drug-likeness (QED) is 0.362. The molecule has 1 fully saturated rings. The smallest absolute Gasteiger partial charge is 0.270 e. The number of carbonyl (C=O) groups is 2. The third-order valence-corrected chi connectivity index (χ3v) is 5.39. The van der Waals surface area contributed by atoms with Gasteiger partial charge < -0.3 is 4.74 Å². The van der Waals surface area contributed by atoms with E-state index in [2.05, 4.69) is 5.32 Å². The molecule has 0 aliphatic carbocycles. The van der Waals surface area contributed by atoms with Crippen LogP contribution in [0.2, 0.25) is 0 Å². The SMILES string of the molecule is COc1ccc(/C=C2/C(=O)NC(=S)N(c3ccccc3)C2=O)c(Cc2ccccc2F)c1. The van der Waals surface area contributed by atoms with Gasteiger partial charge in [-0.15, -0.1) is 0 Å². The number of amides is 2. The maximum absolute atomic E-state index is 14.3. The fraction of sp³-hybridized carbons (Fsp3) is 0.0800. The predicted molar refractivity (Wildman–Crippen MR) is 125 cm³/mol. The van der Waals surface area contributed by atoms with Crippen LogP contribution in [0.1, 0.15) is 16.7 Å². The Morgan fingerprint density at radius 2 is 1.72 bits per heavy atom. The van der Waals surface area contributed by atoms with Gasteiger partial charge in [-0.3, -0.25) is 19.8 Å². The molecular weight excluding hydrogens is 427 g/mol. The van der Waals surface area contributed by atoms with E-state index in [1.54, 1.807) is 60.7 Å². The minimum absolute atomic E-state index is 0.0182. The van der Waals surface area contributed by atoms with Crippen molar-refractivity contribution in [2.45, 2.75) is 6.42 Å². The number of para-hydroxylation sites is 1. The molecule has 0 aromatic heterocycles. The lowest BCUT2D eigenvalue weighted by Gasteiger charge is -2.29. The summed E-state index contributed by atoms with van der Waals surface area (Å²) in [4.78, 5) is 27.1. The van der Waals surface area contributed by atoms with Crippen LogP contribution < -0.4 is 15.0 Å². The highest BCUT2D eigenvalue weighted by Gasteiger charge is 2.34. The Bertz CT molecular complexity index is 1240. The van der Waals surface area contributed by atoms with Gasteiger partial charge in [0.2, 0.25) is 0 Å². The van der Waals surface area contributed by atoms with E-state index in [0.717, 1.165) is 0 Å². The number of benzene rings is 3. The molecule has 0 saturated carbocycles. The zero-order valence-corrected chi connectivity index (χ0v) is 18.0. The highest BCUT2D eigenvalue weighted by molar-refractivity contribution is 7.80. The molecule has 3 aromatic rings. The molecule has 3 aromatic carbocycles. The lowest BCUT2D eigenvalue weighted by atomic mass is 9.96. The molecule has 4 rings (SSSR count). The van der Waals surface area contributed by atoms with Crippen LogP contribution in [-0.2, 0) is 16.0 Å². The first-order chi connectivity index (χ1) is 15.5. The van der Waals surface area contributed by atoms with Gasteiger partial charge >= 0.3 is 0 Å². The first-order valence-corrected chi connectivity index (χ1v) is 10.3. The zero-order chi connectivity index (χ0) is 22.7. The number of nitrogens with zero attached hydrogens (tertiary/aromatic N) is 1. The highest BCUT2D eigenvalue weighted by Crippen LogP contribution is 2.26. The van der Waals surface area contributed by atoms with Gasteiger partial charge in [-0.1, -0.05) is 42.5 Å². The first kappa shape index (κ1) is 21.4. The summed E-state index contributed by atoms with van der Waals surface area (Å²) in [6.45, 7) is 0. The summed E-state index contributed by atoms with van der Waals surface area (Å²) in [7, 11) is 1.54. The summed E-state index contributed by atoms with van der Waals surface area (Å²) in [5.41, 5.74) is 2.29. The number of hydrogen-bond donors (Lipinski definition) is 1. The summed E-state index contributed by atoms with van der Waals surface area (Å²) in [5.74, 6) is -0.858. The second-order valence-corrected chi connectivity index (χ2v) is 7.51. The van der Waals surface area contributed by atoms with E-state index in [9.17, 15) is 14.0 Å². The molecule has 1 aliphatic heterocycles. The highest BCUT2D eigenvalue weighted by atomic mass is 32.1. The number of methoxy groups -OCH3 is 1. The van der Waals surface area contributed by atoms with E-state index in [1.165, 1.54) is 24.2 Å². The third-order valence-electron chi connectivity index (χ3n) is 5.10. The molecule has 1 N–H and O–H groups in total. The van der Waals surface area contributed by atoms with Crippen molar-refractivity contribution in [3.8, 4) is 5.75 Å². The van der Waals surface area contributed by atoms with Crippen molar-refractivity contribution in [2.24, 2.45) is 0 Å². The van der Waals surface area contributed by atoms with Gasteiger partial charge in [0.1, 0.15) is 17.1 Å². The average Bonchev–Trinajstić information content (AvgIpc) is 2.79. The Hall–Kier alpha value is -3.84. The van der Waals surface area contributed by atoms with E-state index >= 15 is 0 Å². The van der Waals surface area contributed by atoms with Crippen LogP contribution in [0.25, 0.3) is 6.08 Å². The monoisotopic (exact) mass is 446 g/mol. The van der Waals surface area contributed by atoms with Crippen molar-refractivity contribution in [1.82, 2.24) is 5.32 Å². The summed E-state index contributed by atoms with van der Waals surface area (Å²) in [6, 6.07) is 20.5. The number of carbonyl (C=O) groups excluding carboxylic acids is 2. The van der Waals surface area contributed by atoms with Gasteiger partial charge in [0.25, 0.3) is 11.8 Å². The van der Waals surface area contributed by atoms with Crippen molar-refractivity contribution >= 4 is 40.9 Å². The Morgan fingerprint density at radius 3 is 2.44 bits per heavy atom. The van der Waals surface area contributed by atoms with Gasteiger partial charge in [-0.25, -0.2) is 4.39 Å². The maximum atomic E-state index is 14.3. The second-order valence-electron chi connectivity index (χ2n) is 7.13. The van der Waals surface area contributed by atoms with E-state index in [-0.39, 0.29) is 22.9 Å². The molecule has 0 atom stereocenters. The van der Waals surface area contributed by atoms with Crippen molar-refractivity contribution in [3.63, 3.8) is 0 Å². The molecule has 1 aliphatic rings. The Balaban J connectivity index is 1.76. The molecule has 1 heterocycles. The molecule has 160 valence electrons. The van der Waals surface area contributed by atoms with Crippen LogP contribution in [-0.4, -0.2) is 24.0 Å². The molecule has 0 radical (unpaired) electrons. The minimum atomic E-state index is -0.583. The lowest BCUT2D eigenvalue weighted by molar-refractivity contribution is -0.122. The number of hydrogen-bond acceptors (Lipinski definition) is 4. The van der Waals surface area contributed by atoms with Crippen LogP contribution in [0, 0.1) is 5.82 Å². The molecule has 1 saturated heterocycles. The standard InChI is InChI=1S/C25H19FN2O3S/c1-31-20-12-11-16(18(14-20)13-17-7-5-6-10-22(17)26)15-21-23(29)27-25(32)28(24(21)30)19-8-3-2-4-9-19/h2-12,14-15H,13H2,1H3,(H,27,29,32)/b21-15-. The van der Waals surface area contributed by atoms with E-state index in [1.807, 2.05) is 6.07 Å². The summed E-state index contributed by atoms with van der Waals surface area (Å²) < 4.78 is 19.6. The van der Waals surface area contributed by atoms with Crippen LogP contribution in [0.4, 0.5) is 10.1 Å². The van der Waals surface area contributed by atoms with Crippen LogP contribution >= 0.6 is 12.2 Å². The van der Waals surface area contributed by atoms with Crippen LogP contribution in [0.15, 0.2) is 78.4 Å². The number of ether oxygens (including phenoxy) is 1. The average molecular weight is 447 g/mol. The maximum Gasteiger partial charge on any atom is 0.270 e. The molecular formula is C25H19FN2O3S. The number of nitrogens with one attached hydrogen (secondary N) is 1. The molecule has 2 amide bonds. The van der Waals surface area contributed by atoms with Crippen LogP contribution in [0.5, 0.6) is 5.75 Å². The van der Waals surface area contributed by atoms with Gasteiger partial charge in [-0.05, 0) is 65.3 Å². The van der Waals surface area contributed by atoms with Crippen molar-refractivity contribution in [2.75, 3.05) is 12.0 Å². The predicted octanol–water partition coefficient (Wildman–Crippen LogP) is 4.26. The fourth-order valence-corrected chi connectivity index (χ4v) is 3.76. The van der Waals surface area contributed by atoms with Crippen LogP contribution in [0.3, 0.4) is 0 Å². The van der Waals surface area contributed by atoms with E-state index in [0.29, 0.717) is 28.1 Å². The summed E-state index contributed by atoms with van der Waals surface area (Å²) in [6.07, 6.45) is 1.77. The van der Waals surface area contributed by atoms with Gasteiger partial charge in [0.15, 0.2) is 5.11 Å². The third kappa shape index (κ3) is 4.29. The van der Waals surface area contributed by atoms with Crippen molar-refractivity contribution < 1.29 is 18.7 Å². The molecule has 0 bridgehead atoms. The normalized spacial score (nSPS) is 15.1. The lowest BCUT2D eigenvalue weighted by Crippen LogP contribution is -2.54. The number of anilines is 1. The van der Waals surface area contributed by atoms with Gasteiger partial charge in [0.05, 0.1) is 12.8 Å². The topological polar surface area (TPSA) is 58.6 Å². The van der Waals surface area contributed by atoms with E-state index < -0.39 is 11.8 Å². The Morgan fingerprint density at radius 1 is 1.00 bits per heavy atom. The first-order valence-electron chi connectivity index (χ1n) is 9.85. The summed E-state index contributed by atoms with van der Waals surface area (Å²) in [5, 5.41) is 2.59.